The molecule has 1 heterocycles. The van der Waals surface area contributed by atoms with E-state index in [1.165, 1.54) is 0 Å². The number of ether oxygens (including phenoxy) is 2. The molecule has 3 nitrogen and oxygen atoms in total. The van der Waals surface area contributed by atoms with Crippen LogP contribution in [0.4, 0.5) is 0 Å². The highest BCUT2D eigenvalue weighted by Crippen LogP contribution is 2.51. The number of aliphatic hydroxyl groups excluding tert-OH is 1. The van der Waals surface area contributed by atoms with Gasteiger partial charge in [0.05, 0.1) is 19.3 Å². The van der Waals surface area contributed by atoms with Gasteiger partial charge in [-0.25, -0.2) is 0 Å². The maximum atomic E-state index is 9.48. The van der Waals surface area contributed by atoms with Gasteiger partial charge in [0.1, 0.15) is 0 Å². The first kappa shape index (κ1) is 11.4. The SMILES string of the molecule is CC.OC1C[C@@H]2CC3(C[C@@H]2C1)OCCO3. The van der Waals surface area contributed by atoms with Crippen molar-refractivity contribution in [2.24, 2.45) is 11.8 Å². The largest absolute Gasteiger partial charge is 0.393 e. The fraction of sp³-hybridized carbons (Fsp3) is 1.00. The Morgan fingerprint density at radius 3 is 1.93 bits per heavy atom. The molecule has 1 saturated heterocycles. The van der Waals surface area contributed by atoms with Gasteiger partial charge in [0.2, 0.25) is 0 Å². The molecule has 0 aromatic carbocycles. The number of hydrogen-bond donors (Lipinski definition) is 1. The number of aliphatic hydroxyl groups is 1. The van der Waals surface area contributed by atoms with Crippen LogP contribution in [0.25, 0.3) is 0 Å². The Bertz CT molecular complexity index is 195. The molecule has 0 amide bonds. The third-order valence-electron chi connectivity index (χ3n) is 3.78. The lowest BCUT2D eigenvalue weighted by Crippen LogP contribution is -2.27. The molecule has 3 atom stereocenters. The summed E-state index contributed by atoms with van der Waals surface area (Å²) >= 11 is 0. The standard InChI is InChI=1S/C10H16O3.C2H6/c11-9-3-7-5-10(6-8(7)4-9)12-1-2-13-10;1-2/h7-9,11H,1-6H2;1-2H3/t7-,8+,9?;. The minimum absolute atomic E-state index is 0.0613. The van der Waals surface area contributed by atoms with Gasteiger partial charge < -0.3 is 14.6 Å². The van der Waals surface area contributed by atoms with Crippen molar-refractivity contribution in [1.82, 2.24) is 0 Å². The number of hydrogen-bond acceptors (Lipinski definition) is 3. The van der Waals surface area contributed by atoms with E-state index in [2.05, 4.69) is 0 Å². The Morgan fingerprint density at radius 1 is 1.00 bits per heavy atom. The summed E-state index contributed by atoms with van der Waals surface area (Å²) in [5, 5.41) is 9.48. The van der Waals surface area contributed by atoms with Crippen LogP contribution in [0.3, 0.4) is 0 Å². The zero-order valence-electron chi connectivity index (χ0n) is 9.74. The van der Waals surface area contributed by atoms with Crippen molar-refractivity contribution in [2.45, 2.75) is 51.4 Å². The van der Waals surface area contributed by atoms with Crippen molar-refractivity contribution in [3.8, 4) is 0 Å². The van der Waals surface area contributed by atoms with E-state index in [1.807, 2.05) is 13.8 Å². The van der Waals surface area contributed by atoms with Gasteiger partial charge in [0, 0.05) is 12.8 Å². The van der Waals surface area contributed by atoms with Crippen LogP contribution in [-0.4, -0.2) is 30.2 Å². The molecule has 2 saturated carbocycles. The number of rotatable bonds is 0. The molecular formula is C12H22O3. The van der Waals surface area contributed by atoms with Crippen LogP contribution < -0.4 is 0 Å². The van der Waals surface area contributed by atoms with Gasteiger partial charge in [-0.05, 0) is 24.7 Å². The molecule has 0 aromatic heterocycles. The van der Waals surface area contributed by atoms with Gasteiger partial charge in [-0.3, -0.25) is 0 Å². The van der Waals surface area contributed by atoms with Crippen molar-refractivity contribution in [1.29, 1.82) is 0 Å². The molecule has 1 N–H and O–H groups in total. The fourth-order valence-corrected chi connectivity index (χ4v) is 3.30. The van der Waals surface area contributed by atoms with Gasteiger partial charge in [-0.15, -0.1) is 0 Å². The summed E-state index contributed by atoms with van der Waals surface area (Å²) in [6, 6.07) is 0. The van der Waals surface area contributed by atoms with E-state index in [0.717, 1.165) is 38.9 Å². The first-order valence-electron chi connectivity index (χ1n) is 6.23. The van der Waals surface area contributed by atoms with Gasteiger partial charge in [-0.1, -0.05) is 13.8 Å². The Morgan fingerprint density at radius 2 is 1.47 bits per heavy atom. The van der Waals surface area contributed by atoms with E-state index in [4.69, 9.17) is 9.47 Å². The summed E-state index contributed by atoms with van der Waals surface area (Å²) in [5.74, 6) is 1.05. The van der Waals surface area contributed by atoms with Crippen molar-refractivity contribution in [3.63, 3.8) is 0 Å². The highest BCUT2D eigenvalue weighted by atomic mass is 16.7. The molecule has 3 rings (SSSR count). The highest BCUT2D eigenvalue weighted by Gasteiger charge is 2.52. The molecule has 15 heavy (non-hydrogen) atoms. The second-order valence-corrected chi connectivity index (χ2v) is 4.66. The first-order chi connectivity index (χ1) is 7.27. The summed E-state index contributed by atoms with van der Waals surface area (Å²) < 4.78 is 11.3. The predicted octanol–water partition coefficient (Wildman–Crippen LogP) is 1.94. The average molecular weight is 214 g/mol. The zero-order chi connectivity index (χ0) is 10.9. The quantitative estimate of drug-likeness (QED) is 0.669. The molecule has 0 aromatic rings. The molecule has 1 aliphatic heterocycles. The lowest BCUT2D eigenvalue weighted by Gasteiger charge is -2.22. The third kappa shape index (κ3) is 2.05. The van der Waals surface area contributed by atoms with E-state index in [9.17, 15) is 5.11 Å². The van der Waals surface area contributed by atoms with Gasteiger partial charge in [0.15, 0.2) is 5.79 Å². The molecule has 0 radical (unpaired) electrons. The zero-order valence-corrected chi connectivity index (χ0v) is 9.74. The van der Waals surface area contributed by atoms with E-state index < -0.39 is 0 Å². The van der Waals surface area contributed by atoms with E-state index in [-0.39, 0.29) is 11.9 Å². The van der Waals surface area contributed by atoms with Crippen LogP contribution in [0.5, 0.6) is 0 Å². The molecular weight excluding hydrogens is 192 g/mol. The Hall–Kier alpha value is -0.120. The smallest absolute Gasteiger partial charge is 0.169 e. The molecule has 88 valence electrons. The van der Waals surface area contributed by atoms with Crippen LogP contribution in [0.1, 0.15) is 39.5 Å². The van der Waals surface area contributed by atoms with E-state index in [1.54, 1.807) is 0 Å². The Balaban J connectivity index is 0.000000404. The molecule has 2 aliphatic carbocycles. The second-order valence-electron chi connectivity index (χ2n) is 4.66. The van der Waals surface area contributed by atoms with Crippen LogP contribution in [0.2, 0.25) is 0 Å². The summed E-state index contributed by atoms with van der Waals surface area (Å²) in [5.41, 5.74) is 0. The van der Waals surface area contributed by atoms with Crippen LogP contribution >= 0.6 is 0 Å². The fourth-order valence-electron chi connectivity index (χ4n) is 3.30. The van der Waals surface area contributed by atoms with Crippen molar-refractivity contribution in [2.75, 3.05) is 13.2 Å². The van der Waals surface area contributed by atoms with Crippen LogP contribution in [0, 0.1) is 11.8 Å². The topological polar surface area (TPSA) is 38.7 Å². The lowest BCUT2D eigenvalue weighted by molar-refractivity contribution is -0.156. The molecule has 3 aliphatic rings. The van der Waals surface area contributed by atoms with Crippen molar-refractivity contribution >= 4 is 0 Å². The van der Waals surface area contributed by atoms with E-state index in [0.29, 0.717) is 11.8 Å². The van der Waals surface area contributed by atoms with Crippen molar-refractivity contribution in [3.05, 3.63) is 0 Å². The monoisotopic (exact) mass is 214 g/mol. The maximum Gasteiger partial charge on any atom is 0.169 e. The number of fused-ring (bicyclic) bond motifs is 1. The molecule has 3 fully saturated rings. The summed E-state index contributed by atoms with van der Waals surface area (Å²) in [6.45, 7) is 5.50. The van der Waals surface area contributed by atoms with Gasteiger partial charge >= 0.3 is 0 Å². The average Bonchev–Trinajstić information content (AvgIpc) is 2.86. The Kier molecular flexibility index (Phi) is 3.33. The highest BCUT2D eigenvalue weighted by molar-refractivity contribution is 4.97. The van der Waals surface area contributed by atoms with Crippen LogP contribution in [-0.2, 0) is 9.47 Å². The lowest BCUT2D eigenvalue weighted by atomic mass is 10.0. The second kappa shape index (κ2) is 4.40. The molecule has 1 unspecified atom stereocenters. The van der Waals surface area contributed by atoms with Gasteiger partial charge in [0.25, 0.3) is 0 Å². The minimum Gasteiger partial charge on any atom is -0.393 e. The molecule has 3 heteroatoms. The van der Waals surface area contributed by atoms with Crippen LogP contribution in [0.15, 0.2) is 0 Å². The van der Waals surface area contributed by atoms with Gasteiger partial charge in [-0.2, -0.15) is 0 Å². The minimum atomic E-state index is -0.241. The van der Waals surface area contributed by atoms with Crippen molar-refractivity contribution < 1.29 is 14.6 Å². The predicted molar refractivity (Wildman–Crippen MR) is 57.4 cm³/mol. The first-order valence-corrected chi connectivity index (χ1v) is 6.23. The normalized spacial score (nSPS) is 41.4. The third-order valence-corrected chi connectivity index (χ3v) is 3.78. The molecule has 0 bridgehead atoms. The maximum absolute atomic E-state index is 9.48. The summed E-state index contributed by atoms with van der Waals surface area (Å²) in [7, 11) is 0. The van der Waals surface area contributed by atoms with E-state index >= 15 is 0 Å². The summed E-state index contributed by atoms with van der Waals surface area (Å²) in [4.78, 5) is 0. The Labute approximate surface area is 91.8 Å². The molecule has 1 spiro atoms. The summed E-state index contributed by atoms with van der Waals surface area (Å²) in [6.07, 6.45) is 3.87.